The molecule has 2 heterocycles. The molecule has 0 spiro atoms. The first-order valence-corrected chi connectivity index (χ1v) is 14.6. The van der Waals surface area contributed by atoms with Crippen molar-refractivity contribution < 1.29 is 28.5 Å². The Hall–Kier alpha value is -3.85. The molecule has 0 saturated heterocycles. The number of ether oxygens (including phenoxy) is 5. The molecule has 8 nitrogen and oxygen atoms in total. The number of hydrogen-bond donors (Lipinski definition) is 0. The van der Waals surface area contributed by atoms with E-state index in [1.807, 2.05) is 44.2 Å². The third-order valence-electron chi connectivity index (χ3n) is 7.57. The number of fused-ring (bicyclic) bond motifs is 1. The Labute approximate surface area is 245 Å². The lowest BCUT2D eigenvalue weighted by Crippen LogP contribution is -2.33. The van der Waals surface area contributed by atoms with Crippen molar-refractivity contribution in [2.45, 2.75) is 45.6 Å². The molecule has 2 aromatic rings. The molecule has 0 bridgehead atoms. The lowest BCUT2D eigenvalue weighted by atomic mass is 9.89. The minimum absolute atomic E-state index is 0.163. The molecule has 1 unspecified atom stereocenters. The van der Waals surface area contributed by atoms with E-state index in [1.165, 1.54) is 17.3 Å². The maximum atomic E-state index is 12.9. The minimum atomic E-state index is -0.325. The second-order valence-electron chi connectivity index (χ2n) is 9.88. The fourth-order valence-electron chi connectivity index (χ4n) is 5.63. The van der Waals surface area contributed by atoms with E-state index >= 15 is 0 Å². The number of aliphatic imine (C=N–C) groups is 1. The molecule has 2 aliphatic heterocycles. The fraction of sp³-hybridized carbons (Fsp3) is 0.375. The van der Waals surface area contributed by atoms with Crippen LogP contribution in [0.25, 0.3) is 6.08 Å². The summed E-state index contributed by atoms with van der Waals surface area (Å²) in [6.45, 7) is 4.10. The van der Waals surface area contributed by atoms with Gasteiger partial charge in [-0.2, -0.15) is 0 Å². The molecular weight excluding hydrogens is 540 g/mol. The first-order chi connectivity index (χ1) is 19.9. The normalized spacial score (nSPS) is 19.4. The van der Waals surface area contributed by atoms with E-state index < -0.39 is 0 Å². The number of rotatable bonds is 8. The average Bonchev–Trinajstić information content (AvgIpc) is 3.20. The van der Waals surface area contributed by atoms with Crippen LogP contribution in [0.15, 0.2) is 68.8 Å². The topological polar surface area (TPSA) is 78.8 Å². The first-order valence-electron chi connectivity index (χ1n) is 13.8. The summed E-state index contributed by atoms with van der Waals surface area (Å²) < 4.78 is 27.6. The van der Waals surface area contributed by atoms with Gasteiger partial charge in [-0.3, -0.25) is 0 Å². The van der Waals surface area contributed by atoms with Crippen LogP contribution in [0, 0.1) is 0 Å². The van der Waals surface area contributed by atoms with Gasteiger partial charge in [0.15, 0.2) is 28.2 Å². The molecule has 2 aromatic carbocycles. The Morgan fingerprint density at radius 3 is 2.29 bits per heavy atom. The summed E-state index contributed by atoms with van der Waals surface area (Å²) in [6, 6.07) is 11.8. The van der Waals surface area contributed by atoms with Crippen molar-refractivity contribution in [1.82, 2.24) is 4.90 Å². The smallest absolute Gasteiger partial charge is 0.346 e. The molecule has 3 aliphatic rings. The van der Waals surface area contributed by atoms with Gasteiger partial charge in [0.2, 0.25) is 0 Å². The molecule has 1 aliphatic carbocycles. The standard InChI is InChI=1S/C32H36N2O6S/c1-7-40-31(35)30-19(2)34-29(22-13-15-25(37-4)27(18-22)39-6)23-11-9-8-10-21(28(23)33-32(34)41-30)16-20-12-14-24(36-3)26(17-20)38-5/h12-18,29H,7-11H2,1-6H3/b21-16+. The van der Waals surface area contributed by atoms with Crippen LogP contribution in [-0.2, 0) is 9.53 Å². The quantitative estimate of drug-likeness (QED) is 0.315. The van der Waals surface area contributed by atoms with Gasteiger partial charge in [-0.1, -0.05) is 12.1 Å². The number of esters is 1. The zero-order valence-electron chi connectivity index (χ0n) is 24.4. The van der Waals surface area contributed by atoms with Crippen molar-refractivity contribution in [3.63, 3.8) is 0 Å². The zero-order chi connectivity index (χ0) is 29.1. The number of carbonyl (C=O) groups is 1. The number of nitrogens with zero attached hydrogens (tertiary/aromatic N) is 2. The van der Waals surface area contributed by atoms with Gasteiger partial charge in [-0.05, 0) is 104 Å². The minimum Gasteiger partial charge on any atom is -0.493 e. The Bertz CT molecular complexity index is 1470. The van der Waals surface area contributed by atoms with Crippen LogP contribution in [0.4, 0.5) is 0 Å². The molecule has 9 heteroatoms. The van der Waals surface area contributed by atoms with E-state index in [-0.39, 0.29) is 12.0 Å². The summed E-state index contributed by atoms with van der Waals surface area (Å²) in [4.78, 5) is 20.9. The summed E-state index contributed by atoms with van der Waals surface area (Å²) in [5.41, 5.74) is 6.25. The molecule has 0 saturated carbocycles. The highest BCUT2D eigenvalue weighted by atomic mass is 32.2. The van der Waals surface area contributed by atoms with E-state index in [0.717, 1.165) is 58.9 Å². The highest BCUT2D eigenvalue weighted by Crippen LogP contribution is 2.51. The monoisotopic (exact) mass is 576 g/mol. The van der Waals surface area contributed by atoms with E-state index in [1.54, 1.807) is 28.4 Å². The fourth-order valence-corrected chi connectivity index (χ4v) is 6.68. The van der Waals surface area contributed by atoms with Gasteiger partial charge in [0.1, 0.15) is 4.91 Å². The largest absolute Gasteiger partial charge is 0.493 e. The Balaban J connectivity index is 1.68. The predicted molar refractivity (Wildman–Crippen MR) is 162 cm³/mol. The van der Waals surface area contributed by atoms with Crippen LogP contribution in [0.1, 0.15) is 56.7 Å². The van der Waals surface area contributed by atoms with Crippen LogP contribution in [0.3, 0.4) is 0 Å². The zero-order valence-corrected chi connectivity index (χ0v) is 25.2. The number of hydrogen-bond acceptors (Lipinski definition) is 9. The maximum absolute atomic E-state index is 12.9. The van der Waals surface area contributed by atoms with Crippen LogP contribution in [-0.4, -0.2) is 51.1 Å². The van der Waals surface area contributed by atoms with E-state index in [9.17, 15) is 4.79 Å². The number of thioether (sulfide) groups is 1. The highest BCUT2D eigenvalue weighted by molar-refractivity contribution is 8.18. The van der Waals surface area contributed by atoms with Crippen molar-refractivity contribution in [2.24, 2.45) is 4.99 Å². The highest BCUT2D eigenvalue weighted by Gasteiger charge is 2.42. The Kier molecular flexibility index (Phi) is 8.63. The lowest BCUT2D eigenvalue weighted by molar-refractivity contribution is -0.137. The maximum Gasteiger partial charge on any atom is 0.346 e. The van der Waals surface area contributed by atoms with Gasteiger partial charge < -0.3 is 28.6 Å². The Morgan fingerprint density at radius 1 is 0.951 bits per heavy atom. The van der Waals surface area contributed by atoms with E-state index in [4.69, 9.17) is 28.7 Å². The van der Waals surface area contributed by atoms with Gasteiger partial charge >= 0.3 is 5.97 Å². The van der Waals surface area contributed by atoms with E-state index in [2.05, 4.69) is 17.0 Å². The molecule has 0 aromatic heterocycles. The SMILES string of the molecule is CCOC(=O)C1=C(C)N2C(=NC3=C(CCCC/C3=C\c3ccc(OC)c(OC)c3)C2c2ccc(OC)c(OC)c2)S1. The molecule has 216 valence electrons. The molecule has 41 heavy (non-hydrogen) atoms. The summed E-state index contributed by atoms with van der Waals surface area (Å²) >= 11 is 1.38. The second-order valence-corrected chi connectivity index (χ2v) is 10.9. The van der Waals surface area contributed by atoms with Crippen LogP contribution >= 0.6 is 11.8 Å². The van der Waals surface area contributed by atoms with Crippen molar-refractivity contribution in [3.05, 3.63) is 75.0 Å². The van der Waals surface area contributed by atoms with Crippen LogP contribution in [0.2, 0.25) is 0 Å². The molecule has 5 rings (SSSR count). The van der Waals surface area contributed by atoms with Gasteiger partial charge in [0.25, 0.3) is 0 Å². The van der Waals surface area contributed by atoms with E-state index in [0.29, 0.717) is 34.5 Å². The molecule has 0 fully saturated rings. The molecule has 0 radical (unpaired) electrons. The van der Waals surface area contributed by atoms with Gasteiger partial charge in [0.05, 0.1) is 46.8 Å². The average molecular weight is 577 g/mol. The third-order valence-corrected chi connectivity index (χ3v) is 8.71. The van der Waals surface area contributed by atoms with Crippen LogP contribution < -0.4 is 18.9 Å². The molecular formula is C32H36N2O6S. The van der Waals surface area contributed by atoms with Gasteiger partial charge in [0, 0.05) is 5.70 Å². The Morgan fingerprint density at radius 2 is 1.61 bits per heavy atom. The lowest BCUT2D eigenvalue weighted by Gasteiger charge is -2.37. The molecule has 0 amide bonds. The van der Waals surface area contributed by atoms with Crippen molar-refractivity contribution in [3.8, 4) is 23.0 Å². The number of carbonyl (C=O) groups excluding carboxylic acids is 1. The number of amidine groups is 1. The van der Waals surface area contributed by atoms with Crippen molar-refractivity contribution >= 4 is 29.0 Å². The third kappa shape index (κ3) is 5.43. The summed E-state index contributed by atoms with van der Waals surface area (Å²) in [6.07, 6.45) is 6.05. The van der Waals surface area contributed by atoms with Crippen molar-refractivity contribution in [2.75, 3.05) is 35.0 Å². The first kappa shape index (κ1) is 28.7. The summed E-state index contributed by atoms with van der Waals surface area (Å²) in [5.74, 6) is 2.37. The summed E-state index contributed by atoms with van der Waals surface area (Å²) in [7, 11) is 6.56. The summed E-state index contributed by atoms with van der Waals surface area (Å²) in [5, 5.41) is 0.768. The molecule has 0 N–H and O–H groups in total. The number of methoxy groups -OCH3 is 4. The van der Waals surface area contributed by atoms with Crippen molar-refractivity contribution in [1.29, 1.82) is 0 Å². The van der Waals surface area contributed by atoms with Crippen LogP contribution in [0.5, 0.6) is 23.0 Å². The predicted octanol–water partition coefficient (Wildman–Crippen LogP) is 6.89. The van der Waals surface area contributed by atoms with Gasteiger partial charge in [-0.25, -0.2) is 9.79 Å². The second kappa shape index (κ2) is 12.3. The molecule has 1 atom stereocenters. The number of benzene rings is 2. The number of allylic oxidation sites excluding steroid dienone is 2. The van der Waals surface area contributed by atoms with Gasteiger partial charge in [-0.15, -0.1) is 0 Å².